The number of hydrogen-bond donors (Lipinski definition) is 2. The molecule has 0 bridgehead atoms. The van der Waals surface area contributed by atoms with Gasteiger partial charge < -0.3 is 10.4 Å². The molecule has 0 fully saturated rings. The quantitative estimate of drug-likeness (QED) is 0.593. The van der Waals surface area contributed by atoms with E-state index in [9.17, 15) is 4.21 Å². The Balaban J connectivity index is 3.55. The molecule has 2 unspecified atom stereocenters. The third kappa shape index (κ3) is 6.18. The third-order valence-electron chi connectivity index (χ3n) is 2.35. The topological polar surface area (TPSA) is 49.3 Å². The summed E-state index contributed by atoms with van der Waals surface area (Å²) in [6.45, 7) is 5.86. The lowest BCUT2D eigenvalue weighted by Gasteiger charge is -2.25. The molecule has 0 aromatic heterocycles. The van der Waals surface area contributed by atoms with Gasteiger partial charge in [0.05, 0.1) is 0 Å². The van der Waals surface area contributed by atoms with E-state index in [1.54, 1.807) is 6.26 Å². The molecule has 0 radical (unpaired) electrons. The maximum Gasteiger partial charge on any atom is 0.0496 e. The highest BCUT2D eigenvalue weighted by molar-refractivity contribution is 7.84. The van der Waals surface area contributed by atoms with Crippen LogP contribution in [0, 0.1) is 5.41 Å². The zero-order valence-electron chi connectivity index (χ0n) is 8.80. The van der Waals surface area contributed by atoms with E-state index in [1.807, 2.05) is 6.92 Å². The van der Waals surface area contributed by atoms with E-state index in [4.69, 9.17) is 5.11 Å². The summed E-state index contributed by atoms with van der Waals surface area (Å²) in [5, 5.41) is 12.3. The number of rotatable bonds is 7. The Labute approximate surface area is 83.4 Å². The summed E-state index contributed by atoms with van der Waals surface area (Å²) in [7, 11) is -0.723. The Kier molecular flexibility index (Phi) is 6.55. The molecule has 0 heterocycles. The Morgan fingerprint density at radius 3 is 2.54 bits per heavy atom. The summed E-state index contributed by atoms with van der Waals surface area (Å²) in [5.74, 6) is 0.686. The molecular weight excluding hydrogens is 186 g/mol. The van der Waals surface area contributed by atoms with Crippen LogP contribution in [-0.4, -0.2) is 41.0 Å². The van der Waals surface area contributed by atoms with Gasteiger partial charge in [-0.3, -0.25) is 4.21 Å². The summed E-state index contributed by atoms with van der Waals surface area (Å²) in [6, 6.07) is 0. The minimum absolute atomic E-state index is 0.0325. The first-order valence-electron chi connectivity index (χ1n) is 4.65. The SMILES string of the molecule is CCC(C)(CO)CNCCS(C)=O. The second kappa shape index (κ2) is 6.51. The molecule has 0 rings (SSSR count). The molecule has 0 aliphatic heterocycles. The molecule has 0 aromatic rings. The van der Waals surface area contributed by atoms with Crippen molar-refractivity contribution in [3.8, 4) is 0 Å². The van der Waals surface area contributed by atoms with E-state index < -0.39 is 10.8 Å². The van der Waals surface area contributed by atoms with Crippen molar-refractivity contribution in [1.82, 2.24) is 5.32 Å². The second-order valence-electron chi connectivity index (χ2n) is 3.78. The van der Waals surface area contributed by atoms with Gasteiger partial charge in [0, 0.05) is 47.9 Å². The fourth-order valence-corrected chi connectivity index (χ4v) is 1.33. The average molecular weight is 207 g/mol. The Morgan fingerprint density at radius 2 is 2.15 bits per heavy atom. The number of nitrogens with one attached hydrogen (secondary N) is 1. The molecular formula is C9H21NO2S. The lowest BCUT2D eigenvalue weighted by atomic mass is 9.89. The van der Waals surface area contributed by atoms with Crippen LogP contribution in [0.1, 0.15) is 20.3 Å². The van der Waals surface area contributed by atoms with Crippen molar-refractivity contribution in [2.24, 2.45) is 5.41 Å². The number of hydrogen-bond acceptors (Lipinski definition) is 3. The lowest BCUT2D eigenvalue weighted by molar-refractivity contribution is 0.136. The van der Waals surface area contributed by atoms with Crippen LogP contribution in [0.3, 0.4) is 0 Å². The van der Waals surface area contributed by atoms with Crippen LogP contribution in [0.2, 0.25) is 0 Å². The third-order valence-corrected chi connectivity index (χ3v) is 3.13. The fraction of sp³-hybridized carbons (Fsp3) is 1.00. The monoisotopic (exact) mass is 207 g/mol. The van der Waals surface area contributed by atoms with E-state index in [1.165, 1.54) is 0 Å². The molecule has 2 N–H and O–H groups in total. The first-order valence-corrected chi connectivity index (χ1v) is 6.38. The summed E-state index contributed by atoms with van der Waals surface area (Å²) >= 11 is 0. The van der Waals surface area contributed by atoms with E-state index >= 15 is 0 Å². The molecule has 0 aromatic carbocycles. The summed E-state index contributed by atoms with van der Waals surface area (Å²) < 4.78 is 10.7. The summed E-state index contributed by atoms with van der Waals surface area (Å²) in [5.41, 5.74) is -0.0325. The molecule has 0 aliphatic rings. The maximum atomic E-state index is 10.7. The number of aliphatic hydroxyl groups is 1. The molecule has 3 nitrogen and oxygen atoms in total. The van der Waals surface area contributed by atoms with E-state index in [-0.39, 0.29) is 12.0 Å². The van der Waals surface area contributed by atoms with Gasteiger partial charge in [0.1, 0.15) is 0 Å². The van der Waals surface area contributed by atoms with Crippen LogP contribution in [0.15, 0.2) is 0 Å². The number of aliphatic hydroxyl groups excluding tert-OH is 1. The fourth-order valence-electron chi connectivity index (χ4n) is 0.899. The normalized spacial score (nSPS) is 18.2. The molecule has 4 heteroatoms. The van der Waals surface area contributed by atoms with Gasteiger partial charge >= 0.3 is 0 Å². The van der Waals surface area contributed by atoms with Crippen molar-refractivity contribution in [2.75, 3.05) is 31.7 Å². The van der Waals surface area contributed by atoms with E-state index in [2.05, 4.69) is 12.2 Å². The second-order valence-corrected chi connectivity index (χ2v) is 5.33. The van der Waals surface area contributed by atoms with E-state index in [0.717, 1.165) is 19.5 Å². The van der Waals surface area contributed by atoms with Gasteiger partial charge in [-0.05, 0) is 6.42 Å². The zero-order chi connectivity index (χ0) is 10.3. The van der Waals surface area contributed by atoms with Gasteiger partial charge in [-0.25, -0.2) is 0 Å². The van der Waals surface area contributed by atoms with Gasteiger partial charge in [-0.1, -0.05) is 13.8 Å². The van der Waals surface area contributed by atoms with Crippen molar-refractivity contribution >= 4 is 10.8 Å². The highest BCUT2D eigenvalue weighted by Gasteiger charge is 2.19. The maximum absolute atomic E-state index is 10.7. The predicted molar refractivity (Wildman–Crippen MR) is 57.3 cm³/mol. The van der Waals surface area contributed by atoms with Crippen molar-refractivity contribution in [2.45, 2.75) is 20.3 Å². The molecule has 80 valence electrons. The molecule has 0 saturated heterocycles. The first kappa shape index (κ1) is 13.1. The van der Waals surface area contributed by atoms with Gasteiger partial charge in [-0.2, -0.15) is 0 Å². The Hall–Kier alpha value is 0.0700. The van der Waals surface area contributed by atoms with Gasteiger partial charge in [0.25, 0.3) is 0 Å². The highest BCUT2D eigenvalue weighted by Crippen LogP contribution is 2.17. The van der Waals surface area contributed by atoms with Crippen molar-refractivity contribution in [1.29, 1.82) is 0 Å². The van der Waals surface area contributed by atoms with Crippen molar-refractivity contribution in [3.05, 3.63) is 0 Å². The molecule has 0 saturated carbocycles. The lowest BCUT2D eigenvalue weighted by Crippen LogP contribution is -2.36. The zero-order valence-corrected chi connectivity index (χ0v) is 9.62. The predicted octanol–water partition coefficient (Wildman–Crippen LogP) is 0.363. The van der Waals surface area contributed by atoms with Crippen LogP contribution in [0.25, 0.3) is 0 Å². The smallest absolute Gasteiger partial charge is 0.0496 e. The van der Waals surface area contributed by atoms with E-state index in [0.29, 0.717) is 5.75 Å². The molecule has 0 amide bonds. The molecule has 13 heavy (non-hydrogen) atoms. The molecule has 2 atom stereocenters. The van der Waals surface area contributed by atoms with Crippen LogP contribution in [0.4, 0.5) is 0 Å². The van der Waals surface area contributed by atoms with Crippen LogP contribution < -0.4 is 5.32 Å². The average Bonchev–Trinajstić information content (AvgIpc) is 2.12. The summed E-state index contributed by atoms with van der Waals surface area (Å²) in [6.07, 6.45) is 2.65. The standard InChI is InChI=1S/C9H21NO2S/c1-4-9(2,8-11)7-10-5-6-13(3)12/h10-11H,4-8H2,1-3H3. The largest absolute Gasteiger partial charge is 0.396 e. The van der Waals surface area contributed by atoms with Gasteiger partial charge in [0.2, 0.25) is 0 Å². The van der Waals surface area contributed by atoms with Crippen molar-refractivity contribution in [3.63, 3.8) is 0 Å². The molecule has 0 spiro atoms. The Morgan fingerprint density at radius 1 is 1.54 bits per heavy atom. The Bertz CT molecular complexity index is 158. The minimum atomic E-state index is -0.723. The molecule has 0 aliphatic carbocycles. The van der Waals surface area contributed by atoms with Crippen LogP contribution in [0.5, 0.6) is 0 Å². The minimum Gasteiger partial charge on any atom is -0.396 e. The van der Waals surface area contributed by atoms with Gasteiger partial charge in [-0.15, -0.1) is 0 Å². The van der Waals surface area contributed by atoms with Crippen LogP contribution in [-0.2, 0) is 10.8 Å². The van der Waals surface area contributed by atoms with Crippen LogP contribution >= 0.6 is 0 Å². The van der Waals surface area contributed by atoms with Gasteiger partial charge in [0.15, 0.2) is 0 Å². The van der Waals surface area contributed by atoms with Crippen molar-refractivity contribution < 1.29 is 9.32 Å². The first-order chi connectivity index (χ1) is 6.04. The summed E-state index contributed by atoms with van der Waals surface area (Å²) in [4.78, 5) is 0. The highest BCUT2D eigenvalue weighted by atomic mass is 32.2.